The normalized spacial score (nSPS) is 46.5. The van der Waals surface area contributed by atoms with Gasteiger partial charge in [-0.2, -0.15) is 0 Å². The quantitative estimate of drug-likeness (QED) is 0.425. The van der Waals surface area contributed by atoms with Gasteiger partial charge in [-0.1, -0.05) is 20.8 Å². The number of aliphatic hydroxyl groups is 4. The van der Waals surface area contributed by atoms with Gasteiger partial charge in [0.25, 0.3) is 0 Å². The highest BCUT2D eigenvalue weighted by molar-refractivity contribution is 5.87. The molecule has 0 bridgehead atoms. The lowest BCUT2D eigenvalue weighted by molar-refractivity contribution is -0.315. The molecule has 1 unspecified atom stereocenters. The van der Waals surface area contributed by atoms with Crippen LogP contribution in [0.5, 0.6) is 0 Å². The third-order valence-corrected chi connectivity index (χ3v) is 10.2. The van der Waals surface area contributed by atoms with E-state index in [1.165, 1.54) is 0 Å². The standard InChI is InChI=1S/C24H38O7/c1-13(4-7-19(26)27)15-5-6-16-20-17(10-18(25)22(15,16)3)21(2)8-9-23(28,29)11-14(21)12-24(20,30)31/h13-17,20,28-31H,4-12H2,1-3H3,(H,26,27)/t13-,14?,15-,16+,17+,20+,21+,22-/m1/s1. The molecule has 4 aliphatic rings. The van der Waals surface area contributed by atoms with Crippen LogP contribution in [0.1, 0.15) is 78.6 Å². The minimum Gasteiger partial charge on any atom is -0.481 e. The lowest BCUT2D eigenvalue weighted by Crippen LogP contribution is -2.66. The highest BCUT2D eigenvalue weighted by Gasteiger charge is 2.69. The van der Waals surface area contributed by atoms with Crippen LogP contribution in [0.4, 0.5) is 0 Å². The fraction of sp³-hybridized carbons (Fsp3) is 0.917. The molecule has 5 N–H and O–H groups in total. The van der Waals surface area contributed by atoms with E-state index in [0.29, 0.717) is 12.8 Å². The number of carboxylic acids is 1. The maximum Gasteiger partial charge on any atom is 0.303 e. The van der Waals surface area contributed by atoms with Gasteiger partial charge in [0.1, 0.15) is 5.78 Å². The average Bonchev–Trinajstić information content (AvgIpc) is 3.00. The van der Waals surface area contributed by atoms with Gasteiger partial charge in [0.15, 0.2) is 11.6 Å². The highest BCUT2D eigenvalue weighted by atomic mass is 16.5. The van der Waals surface area contributed by atoms with Gasteiger partial charge in [-0.05, 0) is 60.7 Å². The summed E-state index contributed by atoms with van der Waals surface area (Å²) in [6.45, 7) is 6.09. The third-order valence-electron chi connectivity index (χ3n) is 10.2. The molecule has 0 spiro atoms. The second-order valence-corrected chi connectivity index (χ2v) is 11.7. The summed E-state index contributed by atoms with van der Waals surface area (Å²) in [6, 6.07) is 0. The minimum atomic E-state index is -1.95. The summed E-state index contributed by atoms with van der Waals surface area (Å²) in [4.78, 5) is 24.7. The summed E-state index contributed by atoms with van der Waals surface area (Å²) in [6.07, 6.45) is 3.37. The Kier molecular flexibility index (Phi) is 5.41. The summed E-state index contributed by atoms with van der Waals surface area (Å²) in [7, 11) is 0. The molecule has 31 heavy (non-hydrogen) atoms. The van der Waals surface area contributed by atoms with Crippen molar-refractivity contribution in [1.29, 1.82) is 0 Å². The Bertz CT molecular complexity index is 761. The Morgan fingerprint density at radius 2 is 1.74 bits per heavy atom. The molecule has 7 heteroatoms. The molecule has 176 valence electrons. The first-order valence-electron chi connectivity index (χ1n) is 11.9. The van der Waals surface area contributed by atoms with Gasteiger partial charge in [0.05, 0.1) is 0 Å². The van der Waals surface area contributed by atoms with E-state index in [0.717, 1.165) is 12.8 Å². The molecule has 0 aromatic heterocycles. The number of Topliss-reactive ketones (excluding diaryl/α,β-unsaturated/α-hetero) is 1. The van der Waals surface area contributed by atoms with Crippen molar-refractivity contribution in [1.82, 2.24) is 0 Å². The first-order valence-corrected chi connectivity index (χ1v) is 11.9. The number of carboxylic acid groups (broad SMARTS) is 1. The van der Waals surface area contributed by atoms with Crippen LogP contribution in [0.2, 0.25) is 0 Å². The van der Waals surface area contributed by atoms with Gasteiger partial charge >= 0.3 is 5.97 Å². The number of hydrogen-bond acceptors (Lipinski definition) is 6. The summed E-state index contributed by atoms with van der Waals surface area (Å²) >= 11 is 0. The number of ketones is 1. The molecule has 0 heterocycles. The number of carbonyl (C=O) groups excluding carboxylic acids is 1. The van der Waals surface area contributed by atoms with Gasteiger partial charge in [0, 0.05) is 43.4 Å². The van der Waals surface area contributed by atoms with Gasteiger partial charge in [-0.25, -0.2) is 0 Å². The molecule has 7 nitrogen and oxygen atoms in total. The third kappa shape index (κ3) is 3.47. The summed E-state index contributed by atoms with van der Waals surface area (Å²) in [5.41, 5.74) is -1.01. The molecule has 0 aromatic rings. The number of carbonyl (C=O) groups is 2. The van der Waals surface area contributed by atoms with Crippen LogP contribution in [0.15, 0.2) is 0 Å². The summed E-state index contributed by atoms with van der Waals surface area (Å²) < 4.78 is 0. The first kappa shape index (κ1) is 23.1. The minimum absolute atomic E-state index is 0.0421. The van der Waals surface area contributed by atoms with E-state index in [1.807, 2.05) is 13.8 Å². The van der Waals surface area contributed by atoms with Crippen LogP contribution in [-0.2, 0) is 9.59 Å². The lowest BCUT2D eigenvalue weighted by Gasteiger charge is -2.64. The number of rotatable bonds is 4. The van der Waals surface area contributed by atoms with Crippen molar-refractivity contribution in [3.05, 3.63) is 0 Å². The smallest absolute Gasteiger partial charge is 0.303 e. The number of hydrogen-bond donors (Lipinski definition) is 5. The van der Waals surface area contributed by atoms with Gasteiger partial charge in [0.2, 0.25) is 0 Å². The van der Waals surface area contributed by atoms with Crippen LogP contribution >= 0.6 is 0 Å². The van der Waals surface area contributed by atoms with Crippen LogP contribution in [0, 0.1) is 46.3 Å². The number of fused-ring (bicyclic) bond motifs is 5. The van der Waals surface area contributed by atoms with Crippen LogP contribution < -0.4 is 0 Å². The Labute approximate surface area is 183 Å². The van der Waals surface area contributed by atoms with Crippen molar-refractivity contribution in [3.63, 3.8) is 0 Å². The fourth-order valence-corrected chi connectivity index (χ4v) is 8.44. The van der Waals surface area contributed by atoms with Gasteiger partial charge < -0.3 is 25.5 Å². The summed E-state index contributed by atoms with van der Waals surface area (Å²) in [5, 5.41) is 52.0. The molecular weight excluding hydrogens is 400 g/mol. The molecule has 0 saturated heterocycles. The first-order chi connectivity index (χ1) is 14.2. The van der Waals surface area contributed by atoms with Crippen LogP contribution in [0.25, 0.3) is 0 Å². The second kappa shape index (κ2) is 7.24. The van der Waals surface area contributed by atoms with Crippen molar-refractivity contribution in [2.75, 3.05) is 0 Å². The van der Waals surface area contributed by atoms with Crippen LogP contribution in [-0.4, -0.2) is 48.9 Å². The van der Waals surface area contributed by atoms with E-state index < -0.39 is 28.9 Å². The molecule has 0 amide bonds. The molecule has 0 aromatic carbocycles. The zero-order valence-electron chi connectivity index (χ0n) is 18.9. The Hall–Kier alpha value is -1.02. The largest absolute Gasteiger partial charge is 0.481 e. The number of aliphatic carboxylic acids is 1. The molecule has 8 atom stereocenters. The fourth-order valence-electron chi connectivity index (χ4n) is 8.44. The maximum atomic E-state index is 13.7. The Balaban J connectivity index is 1.66. The molecule has 4 rings (SSSR count). The van der Waals surface area contributed by atoms with Crippen molar-refractivity contribution in [3.8, 4) is 0 Å². The van der Waals surface area contributed by atoms with Crippen molar-refractivity contribution in [2.45, 2.75) is 90.1 Å². The van der Waals surface area contributed by atoms with Crippen molar-refractivity contribution >= 4 is 11.8 Å². The molecule has 0 radical (unpaired) electrons. The maximum absolute atomic E-state index is 13.7. The topological polar surface area (TPSA) is 135 Å². The zero-order chi connectivity index (χ0) is 23.0. The van der Waals surface area contributed by atoms with Crippen molar-refractivity contribution in [2.24, 2.45) is 46.3 Å². The predicted octanol–water partition coefficient (Wildman–Crippen LogP) is 2.30. The van der Waals surface area contributed by atoms with E-state index in [4.69, 9.17) is 5.11 Å². The summed E-state index contributed by atoms with van der Waals surface area (Å²) in [5.74, 6) is -5.36. The van der Waals surface area contributed by atoms with E-state index in [2.05, 4.69) is 6.92 Å². The molecular formula is C24H38O7. The Morgan fingerprint density at radius 3 is 2.39 bits per heavy atom. The monoisotopic (exact) mass is 438 g/mol. The predicted molar refractivity (Wildman–Crippen MR) is 111 cm³/mol. The van der Waals surface area contributed by atoms with Crippen molar-refractivity contribution < 1.29 is 35.1 Å². The van der Waals surface area contributed by atoms with Gasteiger partial charge in [-0.3, -0.25) is 9.59 Å². The molecule has 4 aliphatic carbocycles. The highest BCUT2D eigenvalue weighted by Crippen LogP contribution is 2.69. The molecule has 4 fully saturated rings. The zero-order valence-corrected chi connectivity index (χ0v) is 18.9. The molecule has 0 aliphatic heterocycles. The van der Waals surface area contributed by atoms with Gasteiger partial charge in [-0.15, -0.1) is 0 Å². The SMILES string of the molecule is C[C@H](CCC(=O)O)[C@H]1CC[C@H]2[C@H]3[C@H](CC(=O)[C@]12C)[C@@]1(C)CCC(O)(O)CC1CC3(O)O. The van der Waals surface area contributed by atoms with E-state index in [1.54, 1.807) is 0 Å². The average molecular weight is 439 g/mol. The Morgan fingerprint density at radius 1 is 1.06 bits per heavy atom. The second-order valence-electron chi connectivity index (χ2n) is 11.7. The molecule has 4 saturated carbocycles. The van der Waals surface area contributed by atoms with E-state index in [9.17, 15) is 30.0 Å². The lowest BCUT2D eigenvalue weighted by atomic mass is 9.42. The van der Waals surface area contributed by atoms with E-state index >= 15 is 0 Å². The van der Waals surface area contributed by atoms with E-state index in [-0.39, 0.29) is 72.9 Å². The van der Waals surface area contributed by atoms with Crippen LogP contribution in [0.3, 0.4) is 0 Å².